The summed E-state index contributed by atoms with van der Waals surface area (Å²) in [6.07, 6.45) is 2.84. The summed E-state index contributed by atoms with van der Waals surface area (Å²) >= 11 is 1.62. The van der Waals surface area contributed by atoms with E-state index in [1.165, 1.54) is 0 Å². The van der Waals surface area contributed by atoms with Gasteiger partial charge in [-0.15, -0.1) is 18.3 Å². The zero-order valence-corrected chi connectivity index (χ0v) is 24.0. The molecular formula is C32H38N2O5S. The highest BCUT2D eigenvalue weighted by molar-refractivity contribution is 8.02. The molecule has 3 aliphatic heterocycles. The van der Waals surface area contributed by atoms with Gasteiger partial charge >= 0.3 is 5.97 Å². The van der Waals surface area contributed by atoms with Crippen LogP contribution in [0.2, 0.25) is 0 Å². The van der Waals surface area contributed by atoms with Crippen LogP contribution in [0.4, 0.5) is 0 Å². The van der Waals surface area contributed by atoms with E-state index < -0.39 is 28.7 Å². The first-order valence-corrected chi connectivity index (χ1v) is 15.0. The lowest BCUT2D eigenvalue weighted by Crippen LogP contribution is -2.59. The van der Waals surface area contributed by atoms with Gasteiger partial charge in [0.1, 0.15) is 6.04 Å². The minimum Gasteiger partial charge on any atom is -0.466 e. The maximum atomic E-state index is 14.7. The molecule has 1 spiro atoms. The fourth-order valence-corrected chi connectivity index (χ4v) is 9.53. The molecule has 2 amide bonds. The number of aliphatic hydroxyl groups excluding tert-OH is 1. The summed E-state index contributed by atoms with van der Waals surface area (Å²) in [5.41, 5.74) is 1.95. The predicted octanol–water partition coefficient (Wildman–Crippen LogP) is 3.71. The van der Waals surface area contributed by atoms with Crippen LogP contribution in [0.1, 0.15) is 31.4 Å². The number of ether oxygens (including phenoxy) is 1. The SMILES string of the molecule is C=CCN(Cc1ccccc1)C(=O)C1N([C@@H](CO)Cc2ccccc2)C(=O)[C@@H]2[C@H](C(=O)OCC)[C@@H]3CC(C)C12S3. The van der Waals surface area contributed by atoms with E-state index in [2.05, 4.69) is 13.5 Å². The first-order chi connectivity index (χ1) is 19.4. The molecule has 0 radical (unpaired) electrons. The Bertz CT molecular complexity index is 1240. The molecule has 7 nitrogen and oxygen atoms in total. The molecule has 2 aromatic carbocycles. The van der Waals surface area contributed by atoms with E-state index in [1.54, 1.807) is 34.6 Å². The molecule has 7 atom stereocenters. The molecule has 3 aliphatic rings. The van der Waals surface area contributed by atoms with Crippen LogP contribution in [0.25, 0.3) is 0 Å². The van der Waals surface area contributed by atoms with Crippen LogP contribution < -0.4 is 0 Å². The van der Waals surface area contributed by atoms with Gasteiger partial charge in [-0.1, -0.05) is 73.7 Å². The van der Waals surface area contributed by atoms with Crippen molar-refractivity contribution in [2.75, 3.05) is 19.8 Å². The predicted molar refractivity (Wildman–Crippen MR) is 155 cm³/mol. The standard InChI is InChI=1S/C32H38N2O5S/c1-4-16-33(19-23-14-10-7-11-15-23)30(37)28-32-21(3)17-25(40-32)26(31(38)39-5-2)27(32)29(36)34(28)24(20-35)18-22-12-8-6-9-13-22/h4,6-15,21,24-28,35H,1,5,16-20H2,2-3H3/t21?,24-,25+,26-,27+,28?,32?/m1/s1. The summed E-state index contributed by atoms with van der Waals surface area (Å²) in [7, 11) is 0. The van der Waals surface area contributed by atoms with Gasteiger partial charge in [-0.2, -0.15) is 0 Å². The monoisotopic (exact) mass is 562 g/mol. The van der Waals surface area contributed by atoms with Crippen molar-refractivity contribution in [3.63, 3.8) is 0 Å². The molecule has 0 saturated carbocycles. The molecule has 3 saturated heterocycles. The molecule has 8 heteroatoms. The topological polar surface area (TPSA) is 87.2 Å². The number of aliphatic hydroxyl groups is 1. The summed E-state index contributed by atoms with van der Waals surface area (Å²) in [4.78, 5) is 45.8. The lowest BCUT2D eigenvalue weighted by Gasteiger charge is -2.42. The van der Waals surface area contributed by atoms with Crippen LogP contribution >= 0.6 is 11.8 Å². The molecule has 212 valence electrons. The highest BCUT2D eigenvalue weighted by Gasteiger charge is 2.77. The number of carbonyl (C=O) groups is 3. The molecule has 40 heavy (non-hydrogen) atoms. The first-order valence-electron chi connectivity index (χ1n) is 14.1. The van der Waals surface area contributed by atoms with Gasteiger partial charge in [0.15, 0.2) is 0 Å². The fraction of sp³-hybridized carbons (Fsp3) is 0.469. The molecule has 0 aromatic heterocycles. The van der Waals surface area contributed by atoms with E-state index in [4.69, 9.17) is 4.74 Å². The van der Waals surface area contributed by atoms with E-state index in [0.717, 1.165) is 17.5 Å². The number of hydrogen-bond donors (Lipinski definition) is 1. The van der Waals surface area contributed by atoms with Gasteiger partial charge in [-0.25, -0.2) is 0 Å². The number of likely N-dealkylation sites (tertiary alicyclic amines) is 1. The van der Waals surface area contributed by atoms with Crippen LogP contribution in [0.5, 0.6) is 0 Å². The fourth-order valence-electron chi connectivity index (χ4n) is 7.14. The van der Waals surface area contributed by atoms with Crippen molar-refractivity contribution in [2.24, 2.45) is 17.8 Å². The summed E-state index contributed by atoms with van der Waals surface area (Å²) < 4.78 is 4.68. The summed E-state index contributed by atoms with van der Waals surface area (Å²) in [6.45, 7) is 8.39. The zero-order chi connectivity index (χ0) is 28.4. The normalized spacial score (nSPS) is 29.2. The molecule has 3 heterocycles. The number of carbonyl (C=O) groups excluding carboxylic acids is 3. The van der Waals surface area contributed by atoms with E-state index >= 15 is 0 Å². The number of fused-ring (bicyclic) bond motifs is 1. The van der Waals surface area contributed by atoms with E-state index in [1.807, 2.05) is 60.7 Å². The summed E-state index contributed by atoms with van der Waals surface area (Å²) in [5, 5.41) is 10.6. The van der Waals surface area contributed by atoms with Crippen LogP contribution in [0.3, 0.4) is 0 Å². The smallest absolute Gasteiger partial charge is 0.310 e. The Morgan fingerprint density at radius 3 is 2.42 bits per heavy atom. The third-order valence-corrected chi connectivity index (χ3v) is 10.8. The third kappa shape index (κ3) is 4.75. The maximum absolute atomic E-state index is 14.7. The molecule has 3 unspecified atom stereocenters. The Morgan fingerprint density at radius 2 is 1.82 bits per heavy atom. The van der Waals surface area contributed by atoms with Crippen LogP contribution in [0, 0.1) is 17.8 Å². The van der Waals surface area contributed by atoms with Crippen LogP contribution in [0.15, 0.2) is 73.3 Å². The average Bonchev–Trinajstić information content (AvgIpc) is 3.56. The molecule has 1 N–H and O–H groups in total. The Morgan fingerprint density at radius 1 is 1.18 bits per heavy atom. The Balaban J connectivity index is 1.59. The lowest BCUT2D eigenvalue weighted by molar-refractivity contribution is -0.154. The first kappa shape index (κ1) is 28.4. The molecule has 0 aliphatic carbocycles. The highest BCUT2D eigenvalue weighted by Crippen LogP contribution is 2.69. The Kier molecular flexibility index (Phi) is 8.38. The van der Waals surface area contributed by atoms with Gasteiger partial charge in [0, 0.05) is 18.3 Å². The summed E-state index contributed by atoms with van der Waals surface area (Å²) in [5.74, 6) is -2.02. The van der Waals surface area contributed by atoms with Crippen molar-refractivity contribution in [3.8, 4) is 0 Å². The number of amides is 2. The number of hydrogen-bond acceptors (Lipinski definition) is 6. The molecular weight excluding hydrogens is 524 g/mol. The quantitative estimate of drug-likeness (QED) is 0.332. The second-order valence-corrected chi connectivity index (χ2v) is 12.6. The van der Waals surface area contributed by atoms with E-state index in [9.17, 15) is 19.5 Å². The zero-order valence-electron chi connectivity index (χ0n) is 23.1. The second kappa shape index (κ2) is 11.8. The highest BCUT2D eigenvalue weighted by atomic mass is 32.2. The molecule has 2 aromatic rings. The minimum absolute atomic E-state index is 0.0273. The van der Waals surface area contributed by atoms with Gasteiger partial charge in [0.05, 0.1) is 35.8 Å². The molecule has 3 fully saturated rings. The largest absolute Gasteiger partial charge is 0.466 e. The van der Waals surface area contributed by atoms with E-state index in [0.29, 0.717) is 19.5 Å². The Labute approximate surface area is 240 Å². The van der Waals surface area contributed by atoms with Crippen molar-refractivity contribution in [1.29, 1.82) is 0 Å². The molecule has 5 rings (SSSR count). The van der Waals surface area contributed by atoms with Crippen LogP contribution in [-0.2, 0) is 32.1 Å². The van der Waals surface area contributed by atoms with Gasteiger partial charge in [-0.3, -0.25) is 14.4 Å². The van der Waals surface area contributed by atoms with Gasteiger partial charge in [0.25, 0.3) is 0 Å². The summed E-state index contributed by atoms with van der Waals surface area (Å²) in [6, 6.07) is 18.0. The van der Waals surface area contributed by atoms with Crippen molar-refractivity contribution in [1.82, 2.24) is 9.80 Å². The third-order valence-electron chi connectivity index (χ3n) is 8.77. The van der Waals surface area contributed by atoms with Gasteiger partial charge in [-0.05, 0) is 36.8 Å². The number of rotatable bonds is 11. The number of benzene rings is 2. The lowest BCUT2D eigenvalue weighted by atomic mass is 9.66. The van der Waals surface area contributed by atoms with Crippen LogP contribution in [-0.4, -0.2) is 74.5 Å². The molecule has 2 bridgehead atoms. The van der Waals surface area contributed by atoms with Gasteiger partial charge < -0.3 is 19.6 Å². The Hall–Kier alpha value is -3.10. The van der Waals surface area contributed by atoms with Crippen molar-refractivity contribution in [2.45, 2.75) is 55.3 Å². The minimum atomic E-state index is -0.820. The van der Waals surface area contributed by atoms with Crippen molar-refractivity contribution in [3.05, 3.63) is 84.4 Å². The van der Waals surface area contributed by atoms with Gasteiger partial charge in [0.2, 0.25) is 11.8 Å². The number of esters is 1. The average molecular weight is 563 g/mol. The van der Waals surface area contributed by atoms with E-state index in [-0.39, 0.29) is 42.2 Å². The maximum Gasteiger partial charge on any atom is 0.310 e. The second-order valence-electron chi connectivity index (χ2n) is 11.1. The van der Waals surface area contributed by atoms with Crippen molar-refractivity contribution >= 4 is 29.5 Å². The van der Waals surface area contributed by atoms with Crippen molar-refractivity contribution < 1.29 is 24.2 Å². The number of thioether (sulfide) groups is 1. The number of nitrogens with zero attached hydrogens (tertiary/aromatic N) is 2.